The first-order valence-electron chi connectivity index (χ1n) is 5.97. The fourth-order valence-electron chi connectivity index (χ4n) is 1.45. The van der Waals surface area contributed by atoms with Crippen LogP contribution in [0.15, 0.2) is 6.07 Å². The van der Waals surface area contributed by atoms with E-state index in [1.54, 1.807) is 0 Å². The maximum absolute atomic E-state index is 11.1. The fourth-order valence-corrected chi connectivity index (χ4v) is 1.45. The van der Waals surface area contributed by atoms with E-state index < -0.39 is 6.09 Å². The zero-order valence-electron chi connectivity index (χ0n) is 11.4. The molecule has 0 saturated carbocycles. The lowest BCUT2D eigenvalue weighted by molar-refractivity contribution is 0.149. The molecule has 0 unspecified atom stereocenters. The number of nitrogens with zero attached hydrogens (tertiary/aromatic N) is 3. The SMILES string of the molecule is CCNC(=O)OCCN(C)c1nc(C)cc(C)n1. The van der Waals surface area contributed by atoms with Crippen LogP contribution in [0.5, 0.6) is 0 Å². The number of carbonyl (C=O) groups excluding carboxylic acids is 1. The highest BCUT2D eigenvalue weighted by Crippen LogP contribution is 2.07. The summed E-state index contributed by atoms with van der Waals surface area (Å²) >= 11 is 0. The number of aromatic nitrogens is 2. The smallest absolute Gasteiger partial charge is 0.407 e. The van der Waals surface area contributed by atoms with Crippen molar-refractivity contribution in [3.8, 4) is 0 Å². The van der Waals surface area contributed by atoms with Gasteiger partial charge in [-0.15, -0.1) is 0 Å². The summed E-state index contributed by atoms with van der Waals surface area (Å²) in [6, 6.07) is 1.92. The Morgan fingerprint density at radius 3 is 2.56 bits per heavy atom. The molecule has 0 atom stereocenters. The quantitative estimate of drug-likeness (QED) is 0.855. The van der Waals surface area contributed by atoms with Gasteiger partial charge in [-0.1, -0.05) is 0 Å². The summed E-state index contributed by atoms with van der Waals surface area (Å²) in [4.78, 5) is 21.6. The van der Waals surface area contributed by atoms with Crippen LogP contribution in [0.25, 0.3) is 0 Å². The summed E-state index contributed by atoms with van der Waals surface area (Å²) in [7, 11) is 1.87. The number of likely N-dealkylation sites (N-methyl/N-ethyl adjacent to an activating group) is 1. The van der Waals surface area contributed by atoms with Gasteiger partial charge in [-0.3, -0.25) is 0 Å². The maximum atomic E-state index is 11.1. The third kappa shape index (κ3) is 4.57. The molecule has 0 aliphatic heterocycles. The van der Waals surface area contributed by atoms with Gasteiger partial charge in [0.2, 0.25) is 5.95 Å². The molecule has 6 heteroatoms. The van der Waals surface area contributed by atoms with Crippen molar-refractivity contribution in [2.45, 2.75) is 20.8 Å². The summed E-state index contributed by atoms with van der Waals surface area (Å²) in [5.41, 5.74) is 1.85. The second kappa shape index (κ2) is 6.78. The Hall–Kier alpha value is -1.85. The van der Waals surface area contributed by atoms with E-state index in [4.69, 9.17) is 4.74 Å². The van der Waals surface area contributed by atoms with Crippen molar-refractivity contribution in [3.05, 3.63) is 17.5 Å². The number of nitrogens with one attached hydrogen (secondary N) is 1. The number of hydrogen-bond acceptors (Lipinski definition) is 5. The van der Waals surface area contributed by atoms with Crippen LogP contribution in [0.2, 0.25) is 0 Å². The van der Waals surface area contributed by atoms with Gasteiger partial charge in [-0.25, -0.2) is 14.8 Å². The third-order valence-electron chi connectivity index (χ3n) is 2.29. The van der Waals surface area contributed by atoms with E-state index in [1.807, 2.05) is 38.8 Å². The van der Waals surface area contributed by atoms with Crippen molar-refractivity contribution in [1.29, 1.82) is 0 Å². The number of alkyl carbamates (subject to hydrolysis) is 1. The molecule has 0 aliphatic carbocycles. The zero-order chi connectivity index (χ0) is 13.5. The lowest BCUT2D eigenvalue weighted by Gasteiger charge is -2.17. The first kappa shape index (κ1) is 14.2. The molecule has 0 spiro atoms. The van der Waals surface area contributed by atoms with Gasteiger partial charge < -0.3 is 15.0 Å². The summed E-state index contributed by atoms with van der Waals surface area (Å²) in [5.74, 6) is 0.645. The molecule has 18 heavy (non-hydrogen) atoms. The Bertz CT molecular complexity index is 389. The van der Waals surface area contributed by atoms with Crippen molar-refractivity contribution in [2.24, 2.45) is 0 Å². The minimum absolute atomic E-state index is 0.304. The number of aryl methyl sites for hydroxylation is 2. The molecule has 1 amide bonds. The summed E-state index contributed by atoms with van der Waals surface area (Å²) in [6.45, 7) is 7.12. The minimum Gasteiger partial charge on any atom is -0.448 e. The van der Waals surface area contributed by atoms with Crippen LogP contribution in [0, 0.1) is 13.8 Å². The molecule has 0 bridgehead atoms. The lowest BCUT2D eigenvalue weighted by Crippen LogP contribution is -2.29. The maximum Gasteiger partial charge on any atom is 0.407 e. The van der Waals surface area contributed by atoms with Crippen LogP contribution >= 0.6 is 0 Å². The Balaban J connectivity index is 2.45. The summed E-state index contributed by atoms with van der Waals surface area (Å²) in [6.07, 6.45) is -0.396. The molecule has 6 nitrogen and oxygen atoms in total. The number of amides is 1. The predicted molar refractivity (Wildman–Crippen MR) is 69.8 cm³/mol. The third-order valence-corrected chi connectivity index (χ3v) is 2.29. The number of anilines is 1. The molecule has 0 saturated heterocycles. The zero-order valence-corrected chi connectivity index (χ0v) is 11.4. The fraction of sp³-hybridized carbons (Fsp3) is 0.583. The molecular formula is C12H20N4O2. The van der Waals surface area contributed by atoms with Gasteiger partial charge in [0.1, 0.15) is 6.61 Å². The highest BCUT2D eigenvalue weighted by atomic mass is 16.5. The normalized spacial score (nSPS) is 10.0. The predicted octanol–water partition coefficient (Wildman–Crippen LogP) is 1.28. The van der Waals surface area contributed by atoms with Crippen molar-refractivity contribution >= 4 is 12.0 Å². The van der Waals surface area contributed by atoms with Crippen LogP contribution in [0.4, 0.5) is 10.7 Å². The molecule has 1 rings (SSSR count). The van der Waals surface area contributed by atoms with Gasteiger partial charge in [0.15, 0.2) is 0 Å². The summed E-state index contributed by atoms with van der Waals surface area (Å²) < 4.78 is 4.99. The second-order valence-electron chi connectivity index (χ2n) is 4.04. The first-order chi connectivity index (χ1) is 8.52. The van der Waals surface area contributed by atoms with Gasteiger partial charge in [-0.05, 0) is 26.8 Å². The molecule has 1 aromatic rings. The molecule has 100 valence electrons. The number of ether oxygens (including phenoxy) is 1. The average Bonchev–Trinajstić information content (AvgIpc) is 2.27. The molecule has 1 N–H and O–H groups in total. The van der Waals surface area contributed by atoms with Gasteiger partial charge in [0.05, 0.1) is 6.54 Å². The van der Waals surface area contributed by atoms with Crippen molar-refractivity contribution in [1.82, 2.24) is 15.3 Å². The van der Waals surface area contributed by atoms with E-state index in [0.29, 0.717) is 25.6 Å². The number of rotatable bonds is 5. The Morgan fingerprint density at radius 1 is 1.39 bits per heavy atom. The van der Waals surface area contributed by atoms with Crippen molar-refractivity contribution in [3.63, 3.8) is 0 Å². The molecular weight excluding hydrogens is 232 g/mol. The molecule has 0 aromatic carbocycles. The van der Waals surface area contributed by atoms with Crippen molar-refractivity contribution < 1.29 is 9.53 Å². The van der Waals surface area contributed by atoms with E-state index >= 15 is 0 Å². The number of hydrogen-bond donors (Lipinski definition) is 1. The molecule has 1 aromatic heterocycles. The van der Waals surface area contributed by atoms with E-state index in [0.717, 1.165) is 11.4 Å². The highest BCUT2D eigenvalue weighted by Gasteiger charge is 2.07. The van der Waals surface area contributed by atoms with Gasteiger partial charge in [0.25, 0.3) is 0 Å². The molecule has 1 heterocycles. The van der Waals surface area contributed by atoms with Crippen molar-refractivity contribution in [2.75, 3.05) is 31.6 Å². The number of carbonyl (C=O) groups is 1. The topological polar surface area (TPSA) is 67.3 Å². The monoisotopic (exact) mass is 252 g/mol. The van der Waals surface area contributed by atoms with Crippen LogP contribution in [-0.4, -0.2) is 42.8 Å². The lowest BCUT2D eigenvalue weighted by atomic mass is 10.3. The van der Waals surface area contributed by atoms with E-state index in [1.165, 1.54) is 0 Å². The largest absolute Gasteiger partial charge is 0.448 e. The average molecular weight is 252 g/mol. The second-order valence-corrected chi connectivity index (χ2v) is 4.04. The van der Waals surface area contributed by atoms with Gasteiger partial charge >= 0.3 is 6.09 Å². The first-order valence-corrected chi connectivity index (χ1v) is 5.97. The Kier molecular flexibility index (Phi) is 5.35. The van der Waals surface area contributed by atoms with Crippen LogP contribution in [-0.2, 0) is 4.74 Å². The molecule has 0 radical (unpaired) electrons. The Morgan fingerprint density at radius 2 is 2.00 bits per heavy atom. The molecule has 0 aliphatic rings. The van der Waals surface area contributed by atoms with E-state index in [9.17, 15) is 4.79 Å². The minimum atomic E-state index is -0.396. The van der Waals surface area contributed by atoms with Crippen LogP contribution < -0.4 is 10.2 Å². The Labute approximate surface area is 107 Å². The van der Waals surface area contributed by atoms with Gasteiger partial charge in [0, 0.05) is 25.0 Å². The van der Waals surface area contributed by atoms with E-state index in [2.05, 4.69) is 15.3 Å². The highest BCUT2D eigenvalue weighted by molar-refractivity contribution is 5.66. The van der Waals surface area contributed by atoms with E-state index in [-0.39, 0.29) is 0 Å². The van der Waals surface area contributed by atoms with Crippen LogP contribution in [0.1, 0.15) is 18.3 Å². The summed E-state index contributed by atoms with van der Waals surface area (Å²) in [5, 5.41) is 2.57. The van der Waals surface area contributed by atoms with Gasteiger partial charge in [-0.2, -0.15) is 0 Å². The standard InChI is InChI=1S/C12H20N4O2/c1-5-13-12(17)18-7-6-16(4)11-14-9(2)8-10(3)15-11/h8H,5-7H2,1-4H3,(H,13,17). The molecule has 0 fully saturated rings. The van der Waals surface area contributed by atoms with Crippen LogP contribution in [0.3, 0.4) is 0 Å².